The predicted molar refractivity (Wildman–Crippen MR) is 102 cm³/mol. The second-order valence-corrected chi connectivity index (χ2v) is 6.84. The highest BCUT2D eigenvalue weighted by atomic mass is 32.1. The lowest BCUT2D eigenvalue weighted by atomic mass is 10.2. The Morgan fingerprint density at radius 3 is 2.67 bits per heavy atom. The first kappa shape index (κ1) is 17.3. The number of carbonyl (C=O) groups is 1. The number of benzene rings is 1. The topological polar surface area (TPSA) is 74.2 Å². The number of amides is 2. The number of anilines is 2. The van der Waals surface area contributed by atoms with Crippen molar-refractivity contribution in [2.45, 2.75) is 0 Å². The first-order chi connectivity index (χ1) is 13.2. The minimum absolute atomic E-state index is 0.193. The molecule has 2 amide bonds. The summed E-state index contributed by atoms with van der Waals surface area (Å²) in [6.07, 6.45) is 1.55. The summed E-state index contributed by atoms with van der Waals surface area (Å²) in [7, 11) is 0. The molecule has 0 saturated carbocycles. The number of thiazole rings is 1. The Morgan fingerprint density at radius 2 is 1.93 bits per heavy atom. The summed E-state index contributed by atoms with van der Waals surface area (Å²) in [6.45, 7) is 2.47. The Balaban J connectivity index is 1.37. The number of nitrogens with one attached hydrogen (secondary N) is 1. The Bertz CT molecular complexity index is 926. The van der Waals surface area contributed by atoms with Crippen molar-refractivity contribution in [2.75, 3.05) is 36.4 Å². The lowest BCUT2D eigenvalue weighted by molar-refractivity contribution is 0.208. The summed E-state index contributed by atoms with van der Waals surface area (Å²) in [6, 6.07) is 9.84. The van der Waals surface area contributed by atoms with Crippen LogP contribution in [0.4, 0.5) is 20.1 Å². The van der Waals surface area contributed by atoms with E-state index in [1.807, 2.05) is 5.38 Å². The molecule has 0 radical (unpaired) electrons. The van der Waals surface area contributed by atoms with Crippen LogP contribution >= 0.6 is 11.3 Å². The van der Waals surface area contributed by atoms with Gasteiger partial charge in [-0.3, -0.25) is 5.32 Å². The van der Waals surface area contributed by atoms with Crippen LogP contribution in [0.1, 0.15) is 0 Å². The fourth-order valence-corrected chi connectivity index (χ4v) is 3.74. The maximum absolute atomic E-state index is 13.9. The van der Waals surface area contributed by atoms with Crippen molar-refractivity contribution in [3.63, 3.8) is 0 Å². The van der Waals surface area contributed by atoms with Crippen LogP contribution in [-0.4, -0.2) is 52.3 Å². The van der Waals surface area contributed by atoms with Crippen molar-refractivity contribution < 1.29 is 9.18 Å². The Labute approximate surface area is 159 Å². The quantitative estimate of drug-likeness (QED) is 0.751. The minimum Gasteiger partial charge on any atom is -0.345 e. The van der Waals surface area contributed by atoms with Crippen LogP contribution < -0.4 is 10.2 Å². The molecule has 1 N–H and O–H groups in total. The number of hydrogen-bond acceptors (Lipinski definition) is 6. The summed E-state index contributed by atoms with van der Waals surface area (Å²) >= 11 is 1.48. The molecule has 138 valence electrons. The molecule has 0 atom stereocenters. The molecule has 0 bridgehead atoms. The third-order valence-corrected chi connectivity index (χ3v) is 5.19. The molecule has 1 saturated heterocycles. The molecule has 4 rings (SSSR count). The standard InChI is InChI=1S/C18H17FN6OS/c19-14-5-2-1-4-13(14)15-12-27-18(21-15)25-10-8-24(9-11-25)17(26)22-16-6-3-7-20-23-16/h1-7,12H,8-11H2,(H,22,23,26). The molecular weight excluding hydrogens is 367 g/mol. The molecule has 2 aromatic heterocycles. The highest BCUT2D eigenvalue weighted by Gasteiger charge is 2.23. The zero-order chi connectivity index (χ0) is 18.6. The van der Waals surface area contributed by atoms with Gasteiger partial charge in [-0.05, 0) is 24.3 Å². The van der Waals surface area contributed by atoms with Gasteiger partial charge in [0.05, 0.1) is 5.69 Å². The molecule has 9 heteroatoms. The number of rotatable bonds is 3. The number of carbonyl (C=O) groups excluding carboxylic acids is 1. The number of piperazine rings is 1. The summed E-state index contributed by atoms with van der Waals surface area (Å²) in [5, 5.41) is 13.0. The van der Waals surface area contributed by atoms with E-state index in [-0.39, 0.29) is 11.8 Å². The molecule has 0 aliphatic carbocycles. The molecule has 0 unspecified atom stereocenters. The second-order valence-electron chi connectivity index (χ2n) is 6.01. The van der Waals surface area contributed by atoms with Crippen molar-refractivity contribution in [3.05, 3.63) is 53.8 Å². The fourth-order valence-electron chi connectivity index (χ4n) is 2.86. The maximum atomic E-state index is 13.9. The van der Waals surface area contributed by atoms with E-state index in [2.05, 4.69) is 25.4 Å². The van der Waals surface area contributed by atoms with E-state index in [9.17, 15) is 9.18 Å². The molecule has 1 aliphatic rings. The zero-order valence-electron chi connectivity index (χ0n) is 14.4. The third-order valence-electron chi connectivity index (χ3n) is 4.29. The monoisotopic (exact) mass is 384 g/mol. The van der Waals surface area contributed by atoms with Crippen molar-refractivity contribution in [1.29, 1.82) is 0 Å². The molecule has 3 aromatic rings. The first-order valence-corrected chi connectivity index (χ1v) is 9.38. The number of halogens is 1. The zero-order valence-corrected chi connectivity index (χ0v) is 15.2. The molecule has 0 spiro atoms. The maximum Gasteiger partial charge on any atom is 0.323 e. The highest BCUT2D eigenvalue weighted by Crippen LogP contribution is 2.29. The Kier molecular flexibility index (Phi) is 4.93. The van der Waals surface area contributed by atoms with Gasteiger partial charge >= 0.3 is 6.03 Å². The van der Waals surface area contributed by atoms with Crippen LogP contribution in [0, 0.1) is 5.82 Å². The van der Waals surface area contributed by atoms with E-state index < -0.39 is 0 Å². The lowest BCUT2D eigenvalue weighted by Crippen LogP contribution is -2.50. The minimum atomic E-state index is -0.278. The van der Waals surface area contributed by atoms with Gasteiger partial charge in [-0.15, -0.1) is 16.4 Å². The third kappa shape index (κ3) is 3.87. The van der Waals surface area contributed by atoms with Gasteiger partial charge in [0, 0.05) is 43.3 Å². The van der Waals surface area contributed by atoms with Crippen LogP contribution in [0.3, 0.4) is 0 Å². The summed E-state index contributed by atoms with van der Waals surface area (Å²) < 4.78 is 13.9. The van der Waals surface area contributed by atoms with Gasteiger partial charge in [0.25, 0.3) is 0 Å². The number of hydrogen-bond donors (Lipinski definition) is 1. The molecule has 1 aromatic carbocycles. The normalized spacial score (nSPS) is 14.3. The van der Waals surface area contributed by atoms with Gasteiger partial charge in [0.2, 0.25) is 0 Å². The van der Waals surface area contributed by atoms with Crippen LogP contribution in [0.2, 0.25) is 0 Å². The first-order valence-electron chi connectivity index (χ1n) is 8.50. The van der Waals surface area contributed by atoms with E-state index >= 15 is 0 Å². The smallest absolute Gasteiger partial charge is 0.323 e. The van der Waals surface area contributed by atoms with Crippen LogP contribution in [0.15, 0.2) is 48.0 Å². The van der Waals surface area contributed by atoms with Crippen molar-refractivity contribution in [2.24, 2.45) is 0 Å². The highest BCUT2D eigenvalue weighted by molar-refractivity contribution is 7.14. The van der Waals surface area contributed by atoms with Gasteiger partial charge in [-0.2, -0.15) is 5.10 Å². The molecular formula is C18H17FN6OS. The Morgan fingerprint density at radius 1 is 1.11 bits per heavy atom. The molecule has 27 heavy (non-hydrogen) atoms. The number of urea groups is 1. The van der Waals surface area contributed by atoms with Crippen molar-refractivity contribution in [3.8, 4) is 11.3 Å². The summed E-state index contributed by atoms with van der Waals surface area (Å²) in [5.41, 5.74) is 1.14. The molecule has 1 fully saturated rings. The molecule has 1 aliphatic heterocycles. The number of nitrogens with zero attached hydrogens (tertiary/aromatic N) is 5. The average Bonchev–Trinajstić information content (AvgIpc) is 3.19. The van der Waals surface area contributed by atoms with E-state index in [0.29, 0.717) is 43.3 Å². The summed E-state index contributed by atoms with van der Waals surface area (Å²) in [5.74, 6) is 0.152. The van der Waals surface area contributed by atoms with Crippen LogP contribution in [-0.2, 0) is 0 Å². The SMILES string of the molecule is O=C(Nc1cccnn1)N1CCN(c2nc(-c3ccccc3F)cs2)CC1. The van der Waals surface area contributed by atoms with E-state index in [4.69, 9.17) is 0 Å². The van der Waals surface area contributed by atoms with Crippen LogP contribution in [0.5, 0.6) is 0 Å². The van der Waals surface area contributed by atoms with Gasteiger partial charge in [-0.25, -0.2) is 14.2 Å². The van der Waals surface area contributed by atoms with Gasteiger partial charge in [-0.1, -0.05) is 12.1 Å². The summed E-state index contributed by atoms with van der Waals surface area (Å²) in [4.78, 5) is 20.7. The second kappa shape index (κ2) is 7.67. The molecule has 7 nitrogen and oxygen atoms in total. The largest absolute Gasteiger partial charge is 0.345 e. The van der Waals surface area contributed by atoms with Gasteiger partial charge < -0.3 is 9.80 Å². The van der Waals surface area contributed by atoms with Crippen molar-refractivity contribution in [1.82, 2.24) is 20.1 Å². The Hall–Kier alpha value is -3.07. The molecule has 3 heterocycles. The van der Waals surface area contributed by atoms with Gasteiger partial charge in [0.15, 0.2) is 10.9 Å². The number of aromatic nitrogens is 3. The predicted octanol–water partition coefficient (Wildman–Crippen LogP) is 3.09. The van der Waals surface area contributed by atoms with Gasteiger partial charge in [0.1, 0.15) is 5.82 Å². The van der Waals surface area contributed by atoms with Crippen LogP contribution in [0.25, 0.3) is 11.3 Å². The van der Waals surface area contributed by atoms with E-state index in [1.54, 1.807) is 41.4 Å². The average molecular weight is 384 g/mol. The lowest BCUT2D eigenvalue weighted by Gasteiger charge is -2.34. The van der Waals surface area contributed by atoms with E-state index in [0.717, 1.165) is 5.13 Å². The van der Waals surface area contributed by atoms with Crippen molar-refractivity contribution >= 4 is 28.3 Å². The van der Waals surface area contributed by atoms with E-state index in [1.165, 1.54) is 17.4 Å². The fraction of sp³-hybridized carbons (Fsp3) is 0.222.